The molecule has 7 nitrogen and oxygen atoms in total. The zero-order valence-corrected chi connectivity index (χ0v) is 15.9. The van der Waals surface area contributed by atoms with Gasteiger partial charge in [-0.25, -0.2) is 0 Å². The second-order valence-corrected chi connectivity index (χ2v) is 6.63. The van der Waals surface area contributed by atoms with Crippen LogP contribution in [0.15, 0.2) is 53.1 Å². The van der Waals surface area contributed by atoms with Crippen LogP contribution in [-0.2, 0) is 14.3 Å². The highest BCUT2D eigenvalue weighted by Crippen LogP contribution is 2.20. The van der Waals surface area contributed by atoms with Crippen LogP contribution in [0, 0.1) is 0 Å². The van der Waals surface area contributed by atoms with E-state index in [2.05, 4.69) is 0 Å². The molecule has 0 radical (unpaired) electrons. The lowest BCUT2D eigenvalue weighted by Crippen LogP contribution is -2.51. The van der Waals surface area contributed by atoms with Gasteiger partial charge >= 0.3 is 5.97 Å². The Kier molecular flexibility index (Phi) is 6.47. The van der Waals surface area contributed by atoms with Crippen molar-refractivity contribution in [1.82, 2.24) is 9.80 Å². The Hall–Kier alpha value is -3.09. The molecular formula is C21H24N2O5. The molecule has 28 heavy (non-hydrogen) atoms. The minimum Gasteiger partial charge on any atom is -0.459 e. The number of rotatable bonds is 6. The number of benzene rings is 1. The van der Waals surface area contributed by atoms with Crippen molar-refractivity contribution in [2.75, 3.05) is 32.8 Å². The summed E-state index contributed by atoms with van der Waals surface area (Å²) in [6, 6.07) is 12.7. The highest BCUT2D eigenvalue weighted by molar-refractivity contribution is 5.91. The van der Waals surface area contributed by atoms with Crippen LogP contribution in [0.2, 0.25) is 0 Å². The number of hydrogen-bond acceptors (Lipinski definition) is 5. The van der Waals surface area contributed by atoms with E-state index in [9.17, 15) is 14.4 Å². The molecule has 1 atom stereocenters. The van der Waals surface area contributed by atoms with Gasteiger partial charge in [0.05, 0.1) is 12.2 Å². The minimum atomic E-state index is -0.395. The second kappa shape index (κ2) is 9.21. The summed E-state index contributed by atoms with van der Waals surface area (Å²) in [7, 11) is 0. The van der Waals surface area contributed by atoms with E-state index in [0.29, 0.717) is 38.4 Å². The highest BCUT2D eigenvalue weighted by Gasteiger charge is 2.27. The van der Waals surface area contributed by atoms with Gasteiger partial charge in [-0.3, -0.25) is 14.4 Å². The third kappa shape index (κ3) is 4.60. The molecular weight excluding hydrogens is 360 g/mol. The summed E-state index contributed by atoms with van der Waals surface area (Å²) >= 11 is 0. The molecule has 0 aliphatic carbocycles. The van der Waals surface area contributed by atoms with E-state index in [-0.39, 0.29) is 24.3 Å². The number of nitrogens with zero attached hydrogens (tertiary/aromatic N) is 2. The third-order valence-corrected chi connectivity index (χ3v) is 4.88. The first-order valence-corrected chi connectivity index (χ1v) is 9.42. The van der Waals surface area contributed by atoms with Crippen LogP contribution in [0.25, 0.3) is 0 Å². The molecule has 2 heterocycles. The van der Waals surface area contributed by atoms with E-state index < -0.39 is 5.97 Å². The lowest BCUT2D eigenvalue weighted by atomic mass is 9.97. The molecule has 0 N–H and O–H groups in total. The predicted molar refractivity (Wildman–Crippen MR) is 102 cm³/mol. The summed E-state index contributed by atoms with van der Waals surface area (Å²) in [6.45, 7) is 3.27. The van der Waals surface area contributed by atoms with Crippen molar-refractivity contribution < 1.29 is 23.5 Å². The fraction of sp³-hybridized carbons (Fsp3) is 0.381. The van der Waals surface area contributed by atoms with Crippen molar-refractivity contribution in [3.63, 3.8) is 0 Å². The molecule has 1 fully saturated rings. The molecule has 0 saturated carbocycles. The zero-order chi connectivity index (χ0) is 19.9. The molecule has 1 aliphatic rings. The third-order valence-electron chi connectivity index (χ3n) is 4.88. The zero-order valence-electron chi connectivity index (χ0n) is 15.9. The van der Waals surface area contributed by atoms with Crippen molar-refractivity contribution in [3.8, 4) is 0 Å². The largest absolute Gasteiger partial charge is 0.459 e. The van der Waals surface area contributed by atoms with Gasteiger partial charge in [0.15, 0.2) is 12.4 Å². The summed E-state index contributed by atoms with van der Waals surface area (Å²) in [6.07, 6.45) is 2.06. The van der Waals surface area contributed by atoms with Gasteiger partial charge in [0, 0.05) is 26.2 Å². The summed E-state index contributed by atoms with van der Waals surface area (Å²) in [5, 5.41) is 0. The van der Waals surface area contributed by atoms with Crippen LogP contribution in [0.4, 0.5) is 0 Å². The quantitative estimate of drug-likeness (QED) is 0.714. The number of hydrogen-bond donors (Lipinski definition) is 0. The van der Waals surface area contributed by atoms with E-state index >= 15 is 0 Å². The van der Waals surface area contributed by atoms with E-state index in [1.807, 2.05) is 37.3 Å². The average Bonchev–Trinajstić information content (AvgIpc) is 3.28. The fourth-order valence-corrected chi connectivity index (χ4v) is 3.26. The number of carbonyl (C=O) groups excluding carboxylic acids is 3. The summed E-state index contributed by atoms with van der Waals surface area (Å²) in [5.74, 6) is -0.913. The molecule has 1 unspecified atom stereocenters. The normalized spacial score (nSPS) is 15.2. The number of ether oxygens (including phenoxy) is 1. The van der Waals surface area contributed by atoms with Crippen molar-refractivity contribution >= 4 is 17.8 Å². The molecule has 2 aromatic rings. The van der Waals surface area contributed by atoms with Crippen molar-refractivity contribution in [3.05, 3.63) is 60.1 Å². The highest BCUT2D eigenvalue weighted by atomic mass is 16.5. The predicted octanol–water partition coefficient (Wildman–Crippen LogP) is 2.30. The van der Waals surface area contributed by atoms with Gasteiger partial charge in [0.1, 0.15) is 0 Å². The molecule has 7 heteroatoms. The van der Waals surface area contributed by atoms with Crippen molar-refractivity contribution in [1.29, 1.82) is 0 Å². The van der Waals surface area contributed by atoms with Gasteiger partial charge in [0.2, 0.25) is 0 Å². The van der Waals surface area contributed by atoms with Crippen molar-refractivity contribution in [2.24, 2.45) is 0 Å². The molecule has 0 bridgehead atoms. The molecule has 3 rings (SSSR count). The van der Waals surface area contributed by atoms with E-state index in [0.717, 1.165) is 5.56 Å². The number of piperazine rings is 1. The summed E-state index contributed by atoms with van der Waals surface area (Å²) in [4.78, 5) is 40.3. The van der Waals surface area contributed by atoms with Gasteiger partial charge in [0.25, 0.3) is 11.8 Å². The lowest BCUT2D eigenvalue weighted by Gasteiger charge is -2.34. The van der Waals surface area contributed by atoms with Gasteiger partial charge in [-0.1, -0.05) is 37.3 Å². The first kappa shape index (κ1) is 19.7. The van der Waals surface area contributed by atoms with E-state index in [4.69, 9.17) is 9.15 Å². The Morgan fingerprint density at radius 2 is 1.68 bits per heavy atom. The first-order chi connectivity index (χ1) is 13.6. The van der Waals surface area contributed by atoms with Crippen LogP contribution in [0.3, 0.4) is 0 Å². The molecule has 0 spiro atoms. The van der Waals surface area contributed by atoms with Crippen LogP contribution in [0.1, 0.15) is 35.4 Å². The number of amides is 2. The maximum Gasteiger partial charge on any atom is 0.313 e. The first-order valence-electron chi connectivity index (χ1n) is 9.42. The van der Waals surface area contributed by atoms with Crippen LogP contribution in [0.5, 0.6) is 0 Å². The number of furan rings is 1. The SMILES string of the molecule is CCC(C(=O)OCC(=O)N1CCN(C(=O)c2ccco2)CC1)c1ccccc1. The number of esters is 1. The maximum atomic E-state index is 12.4. The molecule has 148 valence electrons. The Morgan fingerprint density at radius 1 is 1.00 bits per heavy atom. The average molecular weight is 384 g/mol. The fourth-order valence-electron chi connectivity index (χ4n) is 3.26. The Balaban J connectivity index is 1.47. The van der Waals surface area contributed by atoms with E-state index in [1.54, 1.807) is 21.9 Å². The Labute approximate surface area is 163 Å². The van der Waals surface area contributed by atoms with Crippen molar-refractivity contribution in [2.45, 2.75) is 19.3 Å². The molecule has 1 aromatic carbocycles. The molecule has 2 amide bonds. The summed E-state index contributed by atoms with van der Waals surface area (Å²) < 4.78 is 10.4. The molecule has 1 aliphatic heterocycles. The smallest absolute Gasteiger partial charge is 0.313 e. The van der Waals surface area contributed by atoms with Gasteiger partial charge in [-0.15, -0.1) is 0 Å². The maximum absolute atomic E-state index is 12.4. The number of carbonyl (C=O) groups is 3. The monoisotopic (exact) mass is 384 g/mol. The molecule has 1 aromatic heterocycles. The Bertz CT molecular complexity index is 795. The van der Waals surface area contributed by atoms with Gasteiger partial charge in [-0.05, 0) is 24.1 Å². The molecule has 1 saturated heterocycles. The topological polar surface area (TPSA) is 80.1 Å². The standard InChI is InChI=1S/C21H24N2O5/c1-2-17(16-7-4-3-5-8-16)21(26)28-15-19(24)22-10-12-23(13-11-22)20(25)18-9-6-14-27-18/h3-9,14,17H,2,10-13,15H2,1H3. The lowest BCUT2D eigenvalue weighted by molar-refractivity contribution is -0.153. The van der Waals surface area contributed by atoms with Gasteiger partial charge in [-0.2, -0.15) is 0 Å². The van der Waals surface area contributed by atoms with Crippen LogP contribution in [-0.4, -0.2) is 60.4 Å². The van der Waals surface area contributed by atoms with Gasteiger partial charge < -0.3 is 19.0 Å². The van der Waals surface area contributed by atoms with E-state index in [1.165, 1.54) is 6.26 Å². The summed E-state index contributed by atoms with van der Waals surface area (Å²) in [5.41, 5.74) is 0.882. The second-order valence-electron chi connectivity index (χ2n) is 6.63. The van der Waals surface area contributed by atoms with Crippen LogP contribution < -0.4 is 0 Å². The minimum absolute atomic E-state index is 0.183. The van der Waals surface area contributed by atoms with Crippen LogP contribution >= 0.6 is 0 Å². The Morgan fingerprint density at radius 3 is 2.29 bits per heavy atom.